The summed E-state index contributed by atoms with van der Waals surface area (Å²) in [5.74, 6) is 0.778. The zero-order chi connectivity index (χ0) is 17.4. The van der Waals surface area contributed by atoms with Crippen molar-refractivity contribution in [2.45, 2.75) is 19.4 Å². The van der Waals surface area contributed by atoms with Gasteiger partial charge in [-0.2, -0.15) is 5.10 Å². The zero-order valence-electron chi connectivity index (χ0n) is 14.2. The first-order valence-corrected chi connectivity index (χ1v) is 9.19. The number of fused-ring (bicyclic) bond motifs is 1. The second-order valence-electron chi connectivity index (χ2n) is 6.02. The Morgan fingerprint density at radius 2 is 2.20 bits per heavy atom. The summed E-state index contributed by atoms with van der Waals surface area (Å²) in [5.41, 5.74) is 3.47. The fraction of sp³-hybridized carbons (Fsp3) is 0.263. The van der Waals surface area contributed by atoms with Crippen LogP contribution in [-0.2, 0) is 0 Å². The van der Waals surface area contributed by atoms with Crippen molar-refractivity contribution in [2.75, 3.05) is 13.7 Å². The van der Waals surface area contributed by atoms with E-state index in [-0.39, 0.29) is 11.9 Å². The number of nitrogens with one attached hydrogen (secondary N) is 1. The molecule has 1 N–H and O–H groups in total. The highest BCUT2D eigenvalue weighted by Crippen LogP contribution is 2.44. The van der Waals surface area contributed by atoms with Crippen LogP contribution in [-0.4, -0.2) is 34.7 Å². The van der Waals surface area contributed by atoms with Crippen molar-refractivity contribution in [3.63, 3.8) is 0 Å². The van der Waals surface area contributed by atoms with Crippen LogP contribution in [0.3, 0.4) is 0 Å². The number of nitrogens with zero attached hydrogens (tertiary/aromatic N) is 2. The van der Waals surface area contributed by atoms with Gasteiger partial charge in [0.2, 0.25) is 0 Å². The van der Waals surface area contributed by atoms with Crippen molar-refractivity contribution in [1.29, 1.82) is 0 Å². The third-order valence-corrected chi connectivity index (χ3v) is 5.38. The van der Waals surface area contributed by atoms with Gasteiger partial charge >= 0.3 is 0 Å². The molecule has 1 atom stereocenters. The molecule has 0 bridgehead atoms. The molecule has 128 valence electrons. The first-order valence-electron chi connectivity index (χ1n) is 8.31. The van der Waals surface area contributed by atoms with Gasteiger partial charge in [-0.3, -0.25) is 9.89 Å². The highest BCUT2D eigenvalue weighted by molar-refractivity contribution is 7.13. The van der Waals surface area contributed by atoms with E-state index in [1.54, 1.807) is 18.4 Å². The highest BCUT2D eigenvalue weighted by atomic mass is 32.1. The maximum Gasteiger partial charge on any atom is 0.275 e. The molecule has 1 aromatic carbocycles. The first kappa shape index (κ1) is 15.9. The summed E-state index contributed by atoms with van der Waals surface area (Å²) in [7, 11) is 1.66. The fourth-order valence-electron chi connectivity index (χ4n) is 3.43. The summed E-state index contributed by atoms with van der Waals surface area (Å²) >= 11 is 1.64. The van der Waals surface area contributed by atoms with E-state index in [2.05, 4.69) is 17.1 Å². The molecule has 0 fully saturated rings. The standard InChI is InChI=1S/C19H19N3O2S/c1-3-9-22-18(12-6-4-7-13(11-12)24-2)15-16(14-8-5-10-25-14)20-21-17(15)19(22)23/h4-8,10-11,18H,3,9H2,1-2H3,(H,20,21). The Balaban J connectivity index is 1.89. The monoisotopic (exact) mass is 353 g/mol. The summed E-state index contributed by atoms with van der Waals surface area (Å²) in [5, 5.41) is 9.46. The molecule has 2 aromatic heterocycles. The number of rotatable bonds is 5. The van der Waals surface area contributed by atoms with E-state index >= 15 is 0 Å². The van der Waals surface area contributed by atoms with E-state index < -0.39 is 0 Å². The highest BCUT2D eigenvalue weighted by Gasteiger charge is 2.42. The lowest BCUT2D eigenvalue weighted by atomic mass is 9.98. The van der Waals surface area contributed by atoms with Crippen molar-refractivity contribution < 1.29 is 9.53 Å². The molecule has 1 unspecified atom stereocenters. The molecule has 1 aliphatic heterocycles. The summed E-state index contributed by atoms with van der Waals surface area (Å²) in [4.78, 5) is 15.9. The Morgan fingerprint density at radius 3 is 2.92 bits per heavy atom. The minimum Gasteiger partial charge on any atom is -0.497 e. The molecule has 0 saturated carbocycles. The van der Waals surface area contributed by atoms with Gasteiger partial charge in [0.25, 0.3) is 5.91 Å². The predicted molar refractivity (Wildman–Crippen MR) is 98.1 cm³/mol. The van der Waals surface area contributed by atoms with E-state index in [9.17, 15) is 4.79 Å². The van der Waals surface area contributed by atoms with Gasteiger partial charge < -0.3 is 9.64 Å². The molecule has 6 heteroatoms. The van der Waals surface area contributed by atoms with Gasteiger partial charge in [0, 0.05) is 12.1 Å². The predicted octanol–water partition coefficient (Wildman–Crippen LogP) is 4.10. The lowest BCUT2D eigenvalue weighted by molar-refractivity contribution is 0.0744. The Bertz CT molecular complexity index is 901. The molecule has 0 radical (unpaired) electrons. The van der Waals surface area contributed by atoms with E-state index in [0.717, 1.165) is 33.9 Å². The average molecular weight is 353 g/mol. The van der Waals surface area contributed by atoms with Gasteiger partial charge in [0.05, 0.1) is 23.7 Å². The Morgan fingerprint density at radius 1 is 1.32 bits per heavy atom. The number of aromatic nitrogens is 2. The van der Waals surface area contributed by atoms with Gasteiger partial charge in [0.1, 0.15) is 5.75 Å². The Kier molecular flexibility index (Phi) is 4.05. The maximum absolute atomic E-state index is 12.9. The minimum atomic E-state index is -0.145. The molecule has 5 nitrogen and oxygen atoms in total. The smallest absolute Gasteiger partial charge is 0.275 e. The van der Waals surface area contributed by atoms with Crippen molar-refractivity contribution in [1.82, 2.24) is 15.1 Å². The minimum absolute atomic E-state index is 0.0104. The number of H-pyrrole nitrogens is 1. The summed E-state index contributed by atoms with van der Waals surface area (Å²) in [6, 6.07) is 11.8. The fourth-order valence-corrected chi connectivity index (χ4v) is 4.16. The Hall–Kier alpha value is -2.60. The van der Waals surface area contributed by atoms with Crippen molar-refractivity contribution in [3.8, 4) is 16.3 Å². The molecule has 4 rings (SSSR count). The van der Waals surface area contributed by atoms with Gasteiger partial charge in [-0.25, -0.2) is 0 Å². The van der Waals surface area contributed by atoms with Crippen molar-refractivity contribution in [3.05, 3.63) is 58.6 Å². The number of carbonyl (C=O) groups is 1. The molecule has 0 spiro atoms. The van der Waals surface area contributed by atoms with Crippen LogP contribution in [0.5, 0.6) is 5.75 Å². The molecular weight excluding hydrogens is 334 g/mol. The van der Waals surface area contributed by atoms with Crippen molar-refractivity contribution >= 4 is 17.2 Å². The quantitative estimate of drug-likeness (QED) is 0.751. The number of thiophene rings is 1. The molecular formula is C19H19N3O2S. The molecule has 3 aromatic rings. The largest absolute Gasteiger partial charge is 0.497 e. The number of hydrogen-bond donors (Lipinski definition) is 1. The van der Waals surface area contributed by atoms with Crippen LogP contribution >= 0.6 is 11.3 Å². The van der Waals surface area contributed by atoms with Crippen LogP contribution in [0.4, 0.5) is 0 Å². The van der Waals surface area contributed by atoms with Crippen molar-refractivity contribution in [2.24, 2.45) is 0 Å². The van der Waals surface area contributed by atoms with E-state index in [0.29, 0.717) is 12.2 Å². The van der Waals surface area contributed by atoms with Crippen LogP contribution in [0.25, 0.3) is 10.6 Å². The molecule has 25 heavy (non-hydrogen) atoms. The summed E-state index contributed by atoms with van der Waals surface area (Å²) in [6.07, 6.45) is 0.897. The van der Waals surface area contributed by atoms with Gasteiger partial charge in [-0.05, 0) is 35.6 Å². The maximum atomic E-state index is 12.9. The summed E-state index contributed by atoms with van der Waals surface area (Å²) < 4.78 is 5.38. The first-order chi connectivity index (χ1) is 12.2. The number of hydrogen-bond acceptors (Lipinski definition) is 4. The average Bonchev–Trinajstić information content (AvgIpc) is 3.34. The number of aromatic amines is 1. The molecule has 3 heterocycles. The van der Waals surface area contributed by atoms with Gasteiger partial charge in [-0.15, -0.1) is 11.3 Å². The second-order valence-corrected chi connectivity index (χ2v) is 6.96. The lowest BCUT2D eigenvalue weighted by Crippen LogP contribution is -2.30. The number of benzene rings is 1. The zero-order valence-corrected chi connectivity index (χ0v) is 15.0. The lowest BCUT2D eigenvalue weighted by Gasteiger charge is -2.26. The van der Waals surface area contributed by atoms with Crippen LogP contribution in [0.15, 0.2) is 41.8 Å². The van der Waals surface area contributed by atoms with Crippen LogP contribution in [0.1, 0.15) is 41.0 Å². The normalized spacial score (nSPS) is 16.3. The molecule has 1 amide bonds. The van der Waals surface area contributed by atoms with Crippen LogP contribution in [0.2, 0.25) is 0 Å². The molecule has 0 aliphatic carbocycles. The molecule has 0 saturated heterocycles. The third kappa shape index (κ3) is 2.53. The number of carbonyl (C=O) groups excluding carboxylic acids is 1. The number of methoxy groups -OCH3 is 1. The SMILES string of the molecule is CCCN1C(=O)c2n[nH]c(-c3cccs3)c2C1c1cccc(OC)c1. The third-order valence-electron chi connectivity index (χ3n) is 4.49. The topological polar surface area (TPSA) is 58.2 Å². The van der Waals surface area contributed by atoms with Crippen LogP contribution < -0.4 is 4.74 Å². The Labute approximate surface area is 150 Å². The molecule has 1 aliphatic rings. The van der Waals surface area contributed by atoms with Gasteiger partial charge in [0.15, 0.2) is 5.69 Å². The van der Waals surface area contributed by atoms with E-state index in [1.165, 1.54) is 0 Å². The van der Waals surface area contributed by atoms with E-state index in [4.69, 9.17) is 4.74 Å². The summed E-state index contributed by atoms with van der Waals surface area (Å²) in [6.45, 7) is 2.78. The second kappa shape index (κ2) is 6.37. The number of amides is 1. The van der Waals surface area contributed by atoms with Crippen LogP contribution in [0, 0.1) is 0 Å². The van der Waals surface area contributed by atoms with Gasteiger partial charge in [-0.1, -0.05) is 25.1 Å². The van der Waals surface area contributed by atoms with E-state index in [1.807, 2.05) is 46.7 Å². The number of ether oxygens (including phenoxy) is 1.